The number of rotatable bonds is 5. The molecular formula is C16H19NO7. The number of carbonyl (C=O) groups is 2. The molecule has 8 heteroatoms. The lowest BCUT2D eigenvalue weighted by Crippen LogP contribution is -2.33. The normalized spacial score (nSPS) is 19.8. The third-order valence-corrected chi connectivity index (χ3v) is 3.57. The number of benzene rings is 1. The Balaban J connectivity index is 2.43. The number of Topliss-reactive ketones (excluding diaryl/α,β-unsaturated/α-hetero) is 1. The van der Waals surface area contributed by atoms with Gasteiger partial charge in [0.15, 0.2) is 0 Å². The molecule has 0 saturated heterocycles. The summed E-state index contributed by atoms with van der Waals surface area (Å²) in [5.41, 5.74) is -1.33. The summed E-state index contributed by atoms with van der Waals surface area (Å²) in [7, 11) is 2.87. The molecule has 0 fully saturated rings. The van der Waals surface area contributed by atoms with Crippen LogP contribution in [0.4, 0.5) is 4.79 Å². The highest BCUT2D eigenvalue weighted by Gasteiger charge is 2.51. The van der Waals surface area contributed by atoms with Crippen molar-refractivity contribution in [2.45, 2.75) is 19.4 Å². The first-order valence-electron chi connectivity index (χ1n) is 7.21. The molecule has 0 bridgehead atoms. The molecule has 1 heterocycles. The number of ketones is 1. The van der Waals surface area contributed by atoms with Crippen LogP contribution in [-0.4, -0.2) is 37.8 Å². The van der Waals surface area contributed by atoms with Crippen molar-refractivity contribution < 1.29 is 33.6 Å². The fourth-order valence-corrected chi connectivity index (χ4v) is 2.46. The average Bonchev–Trinajstić information content (AvgIpc) is 2.79. The molecule has 24 heavy (non-hydrogen) atoms. The van der Waals surface area contributed by atoms with E-state index >= 15 is 0 Å². The van der Waals surface area contributed by atoms with Gasteiger partial charge >= 0.3 is 6.09 Å². The molecule has 0 aromatic heterocycles. The number of aliphatic hydroxyl groups is 1. The Bertz CT molecular complexity index is 675. The standard InChI is InChI=1S/C16H19NO7/c1-5-23-15(20)17-14-12(18)13(19)16(2,24-14)11-9(21-3)7-6-8-10(11)22-4/h6-8,18H,5H2,1-4H3,(H,17,20). The van der Waals surface area contributed by atoms with Crippen LogP contribution in [0.1, 0.15) is 19.4 Å². The van der Waals surface area contributed by atoms with Crippen LogP contribution in [0.5, 0.6) is 11.5 Å². The summed E-state index contributed by atoms with van der Waals surface area (Å²) in [5, 5.41) is 12.3. The Morgan fingerprint density at radius 2 is 1.88 bits per heavy atom. The van der Waals surface area contributed by atoms with Gasteiger partial charge in [-0.2, -0.15) is 0 Å². The Labute approximate surface area is 139 Å². The highest BCUT2D eigenvalue weighted by atomic mass is 16.6. The first-order chi connectivity index (χ1) is 11.4. The molecule has 130 valence electrons. The summed E-state index contributed by atoms with van der Waals surface area (Å²) < 4.78 is 20.8. The van der Waals surface area contributed by atoms with Gasteiger partial charge in [-0.3, -0.25) is 10.1 Å². The van der Waals surface area contributed by atoms with Gasteiger partial charge < -0.3 is 24.1 Å². The van der Waals surface area contributed by atoms with Gasteiger partial charge in [-0.1, -0.05) is 6.07 Å². The van der Waals surface area contributed by atoms with E-state index in [1.165, 1.54) is 21.1 Å². The van der Waals surface area contributed by atoms with Gasteiger partial charge in [-0.05, 0) is 26.0 Å². The SMILES string of the molecule is CCOC(=O)NC1=C(O)C(=O)C(C)(c2c(OC)cccc2OC)O1. The van der Waals surface area contributed by atoms with Crippen molar-refractivity contribution in [3.05, 3.63) is 35.4 Å². The highest BCUT2D eigenvalue weighted by Crippen LogP contribution is 2.45. The Kier molecular flexibility index (Phi) is 4.87. The number of methoxy groups -OCH3 is 2. The largest absolute Gasteiger partial charge is 0.501 e. The number of hydrogen-bond acceptors (Lipinski definition) is 7. The molecule has 0 spiro atoms. The second-order valence-corrected chi connectivity index (χ2v) is 5.03. The molecule has 0 saturated carbocycles. The van der Waals surface area contributed by atoms with Gasteiger partial charge in [0.1, 0.15) is 11.5 Å². The second-order valence-electron chi connectivity index (χ2n) is 5.03. The van der Waals surface area contributed by atoms with E-state index in [1.807, 2.05) is 0 Å². The maximum atomic E-state index is 12.6. The van der Waals surface area contributed by atoms with E-state index in [9.17, 15) is 14.7 Å². The summed E-state index contributed by atoms with van der Waals surface area (Å²) in [6.07, 6.45) is -0.844. The van der Waals surface area contributed by atoms with E-state index < -0.39 is 23.2 Å². The van der Waals surface area contributed by atoms with Gasteiger partial charge in [0, 0.05) is 0 Å². The quantitative estimate of drug-likeness (QED) is 0.847. The molecule has 0 aliphatic carbocycles. The minimum absolute atomic E-state index is 0.130. The number of hydrogen-bond donors (Lipinski definition) is 2. The fourth-order valence-electron chi connectivity index (χ4n) is 2.46. The van der Waals surface area contributed by atoms with E-state index in [0.29, 0.717) is 17.1 Å². The van der Waals surface area contributed by atoms with Crippen LogP contribution >= 0.6 is 0 Å². The molecular weight excluding hydrogens is 318 g/mol. The van der Waals surface area contributed by atoms with Gasteiger partial charge in [-0.15, -0.1) is 0 Å². The number of alkyl carbamates (subject to hydrolysis) is 1. The van der Waals surface area contributed by atoms with Crippen LogP contribution in [0.15, 0.2) is 29.8 Å². The molecule has 1 aliphatic rings. The number of nitrogens with one attached hydrogen (secondary N) is 1. The summed E-state index contributed by atoms with van der Waals surface area (Å²) in [6, 6.07) is 4.95. The van der Waals surface area contributed by atoms with Gasteiger partial charge in [0.25, 0.3) is 5.78 Å². The van der Waals surface area contributed by atoms with Crippen LogP contribution in [0.2, 0.25) is 0 Å². The smallest absolute Gasteiger partial charge is 0.414 e. The molecule has 0 radical (unpaired) electrons. The minimum Gasteiger partial charge on any atom is -0.501 e. The zero-order chi connectivity index (χ0) is 17.9. The summed E-state index contributed by atoms with van der Waals surface area (Å²) in [5.74, 6) is -1.14. The first-order valence-corrected chi connectivity index (χ1v) is 7.21. The van der Waals surface area contributed by atoms with Crippen LogP contribution < -0.4 is 14.8 Å². The number of ether oxygens (including phenoxy) is 4. The molecule has 2 rings (SSSR count). The summed E-state index contributed by atoms with van der Waals surface area (Å²) in [4.78, 5) is 24.1. The molecule has 1 amide bonds. The second kappa shape index (κ2) is 6.69. The Morgan fingerprint density at radius 1 is 1.29 bits per heavy atom. The minimum atomic E-state index is -1.63. The summed E-state index contributed by atoms with van der Waals surface area (Å²) in [6.45, 7) is 3.20. The topological polar surface area (TPSA) is 103 Å². The maximum absolute atomic E-state index is 12.6. The van der Waals surface area contributed by atoms with Crippen molar-refractivity contribution in [2.75, 3.05) is 20.8 Å². The van der Waals surface area contributed by atoms with Crippen LogP contribution in [0.3, 0.4) is 0 Å². The maximum Gasteiger partial charge on any atom is 0.414 e. The average molecular weight is 337 g/mol. The van der Waals surface area contributed by atoms with E-state index in [-0.39, 0.29) is 12.5 Å². The molecule has 1 unspecified atom stereocenters. The zero-order valence-corrected chi connectivity index (χ0v) is 13.8. The van der Waals surface area contributed by atoms with E-state index in [0.717, 1.165) is 0 Å². The molecule has 8 nitrogen and oxygen atoms in total. The van der Waals surface area contributed by atoms with Gasteiger partial charge in [-0.25, -0.2) is 4.79 Å². The lowest BCUT2D eigenvalue weighted by molar-refractivity contribution is -0.132. The zero-order valence-electron chi connectivity index (χ0n) is 13.8. The Hall–Kier alpha value is -2.90. The van der Waals surface area contributed by atoms with Crippen molar-refractivity contribution in [1.82, 2.24) is 5.32 Å². The van der Waals surface area contributed by atoms with Crippen molar-refractivity contribution >= 4 is 11.9 Å². The lowest BCUT2D eigenvalue weighted by atomic mass is 9.90. The molecule has 1 aliphatic heterocycles. The van der Waals surface area contributed by atoms with E-state index in [2.05, 4.69) is 5.32 Å². The van der Waals surface area contributed by atoms with Crippen molar-refractivity contribution in [3.8, 4) is 11.5 Å². The van der Waals surface area contributed by atoms with Crippen LogP contribution in [-0.2, 0) is 19.9 Å². The number of amides is 1. The van der Waals surface area contributed by atoms with Crippen molar-refractivity contribution in [1.29, 1.82) is 0 Å². The van der Waals surface area contributed by atoms with Gasteiger partial charge in [0.2, 0.25) is 17.2 Å². The number of aliphatic hydroxyl groups excluding tert-OH is 1. The number of carbonyl (C=O) groups excluding carboxylic acids is 2. The van der Waals surface area contributed by atoms with E-state index in [1.54, 1.807) is 25.1 Å². The monoisotopic (exact) mass is 337 g/mol. The predicted molar refractivity (Wildman–Crippen MR) is 82.8 cm³/mol. The third kappa shape index (κ3) is 2.82. The predicted octanol–water partition coefficient (Wildman–Crippen LogP) is 1.99. The fraction of sp³-hybridized carbons (Fsp3) is 0.375. The van der Waals surface area contributed by atoms with Crippen molar-refractivity contribution in [3.63, 3.8) is 0 Å². The molecule has 2 N–H and O–H groups in total. The van der Waals surface area contributed by atoms with E-state index in [4.69, 9.17) is 18.9 Å². The highest BCUT2D eigenvalue weighted by molar-refractivity contribution is 6.03. The molecule has 1 aromatic rings. The lowest BCUT2D eigenvalue weighted by Gasteiger charge is -2.27. The van der Waals surface area contributed by atoms with Gasteiger partial charge in [0.05, 0.1) is 26.4 Å². The molecule has 1 aromatic carbocycles. The Morgan fingerprint density at radius 3 is 2.38 bits per heavy atom. The van der Waals surface area contributed by atoms with Crippen LogP contribution in [0.25, 0.3) is 0 Å². The van der Waals surface area contributed by atoms with Crippen LogP contribution in [0, 0.1) is 0 Å². The third-order valence-electron chi connectivity index (χ3n) is 3.57. The van der Waals surface area contributed by atoms with Crippen molar-refractivity contribution in [2.24, 2.45) is 0 Å². The summed E-state index contributed by atoms with van der Waals surface area (Å²) >= 11 is 0. The first kappa shape index (κ1) is 17.5. The molecule has 1 atom stereocenters.